The first-order valence-corrected chi connectivity index (χ1v) is 16.9. The zero-order valence-electron chi connectivity index (χ0n) is 26.5. The van der Waals surface area contributed by atoms with E-state index in [9.17, 15) is 18.0 Å². The molecule has 10 heteroatoms. The Balaban J connectivity index is 1.82. The molecule has 0 aliphatic rings. The lowest BCUT2D eigenvalue weighted by Gasteiger charge is -2.34. The van der Waals surface area contributed by atoms with Crippen LogP contribution in [0.4, 0.5) is 5.69 Å². The summed E-state index contributed by atoms with van der Waals surface area (Å²) in [6.45, 7) is 5.68. The predicted octanol–water partition coefficient (Wildman–Crippen LogP) is 6.26. The molecule has 8 nitrogen and oxygen atoms in total. The highest BCUT2D eigenvalue weighted by Crippen LogP contribution is 2.29. The molecule has 0 saturated heterocycles. The third kappa shape index (κ3) is 8.89. The van der Waals surface area contributed by atoms with Gasteiger partial charge >= 0.3 is 0 Å². The van der Waals surface area contributed by atoms with Crippen LogP contribution in [0, 0.1) is 12.8 Å². The maximum absolute atomic E-state index is 14.6. The van der Waals surface area contributed by atoms with Gasteiger partial charge in [-0.05, 0) is 65.9 Å². The summed E-state index contributed by atoms with van der Waals surface area (Å²) < 4.78 is 34.7. The molecule has 242 valence electrons. The van der Waals surface area contributed by atoms with Crippen molar-refractivity contribution in [3.63, 3.8) is 0 Å². The second-order valence-corrected chi connectivity index (χ2v) is 13.7. The third-order valence-corrected chi connectivity index (χ3v) is 9.69. The zero-order chi connectivity index (χ0) is 33.3. The maximum Gasteiger partial charge on any atom is 0.264 e. The minimum atomic E-state index is -4.22. The van der Waals surface area contributed by atoms with E-state index >= 15 is 0 Å². The summed E-state index contributed by atoms with van der Waals surface area (Å²) in [6, 6.07) is 28.5. The van der Waals surface area contributed by atoms with Gasteiger partial charge in [-0.3, -0.25) is 13.9 Å². The highest BCUT2D eigenvalue weighted by atomic mass is 35.5. The standard InChI is InChI=1S/C36H40ClN3O5S/c1-26(2)23-38-36(42)34(21-28-12-7-5-8-13-28)39(24-29-14-11-15-31(20-29)45-4)35(41)25-40(30-19-18-27(3)33(37)22-30)46(43,44)32-16-9-6-10-17-32/h5-20,22,26,34H,21,23-25H2,1-4H3,(H,38,42). The quantitative estimate of drug-likeness (QED) is 0.172. The molecule has 0 aromatic heterocycles. The molecule has 0 radical (unpaired) electrons. The van der Waals surface area contributed by atoms with Gasteiger partial charge in [0.2, 0.25) is 11.8 Å². The van der Waals surface area contributed by atoms with Crippen LogP contribution in [0.15, 0.2) is 108 Å². The van der Waals surface area contributed by atoms with Crippen LogP contribution in [-0.2, 0) is 32.6 Å². The lowest BCUT2D eigenvalue weighted by Crippen LogP contribution is -2.53. The third-order valence-electron chi connectivity index (χ3n) is 7.50. The SMILES string of the molecule is COc1cccc(CN(C(=O)CN(c2ccc(C)c(Cl)c2)S(=O)(=O)c2ccccc2)C(Cc2ccccc2)C(=O)NCC(C)C)c1. The maximum atomic E-state index is 14.6. The van der Waals surface area contributed by atoms with Crippen molar-refractivity contribution in [2.75, 3.05) is 24.5 Å². The number of ether oxygens (including phenoxy) is 1. The number of benzene rings is 4. The fourth-order valence-electron chi connectivity index (χ4n) is 4.93. The number of anilines is 1. The molecule has 2 amide bonds. The van der Waals surface area contributed by atoms with Crippen molar-refractivity contribution >= 4 is 39.1 Å². The molecule has 0 spiro atoms. The highest BCUT2D eigenvalue weighted by Gasteiger charge is 2.34. The van der Waals surface area contributed by atoms with Crippen LogP contribution in [0.25, 0.3) is 0 Å². The van der Waals surface area contributed by atoms with Crippen molar-refractivity contribution < 1.29 is 22.7 Å². The van der Waals surface area contributed by atoms with Crippen LogP contribution >= 0.6 is 11.6 Å². The second-order valence-electron chi connectivity index (χ2n) is 11.5. The summed E-state index contributed by atoms with van der Waals surface area (Å²) in [7, 11) is -2.66. The monoisotopic (exact) mass is 661 g/mol. The Kier molecular flexibility index (Phi) is 11.8. The Bertz CT molecular complexity index is 1730. The number of nitrogens with zero attached hydrogens (tertiary/aromatic N) is 2. The van der Waals surface area contributed by atoms with E-state index in [1.807, 2.05) is 63.2 Å². The van der Waals surface area contributed by atoms with Gasteiger partial charge in [0.05, 0.1) is 17.7 Å². The number of amides is 2. The second kappa shape index (κ2) is 15.8. The number of sulfonamides is 1. The number of aryl methyl sites for hydroxylation is 1. The van der Waals surface area contributed by atoms with Crippen LogP contribution in [0.1, 0.15) is 30.5 Å². The Morgan fingerprint density at radius 1 is 0.870 bits per heavy atom. The molecule has 0 bridgehead atoms. The fraction of sp³-hybridized carbons (Fsp3) is 0.278. The number of methoxy groups -OCH3 is 1. The Morgan fingerprint density at radius 3 is 2.15 bits per heavy atom. The summed E-state index contributed by atoms with van der Waals surface area (Å²) in [4.78, 5) is 29.9. The molecular formula is C36H40ClN3O5S. The highest BCUT2D eigenvalue weighted by molar-refractivity contribution is 7.92. The van der Waals surface area contributed by atoms with Crippen LogP contribution in [-0.4, -0.2) is 51.4 Å². The average Bonchev–Trinajstić information content (AvgIpc) is 3.06. The van der Waals surface area contributed by atoms with E-state index in [2.05, 4.69) is 5.32 Å². The average molecular weight is 662 g/mol. The first kappa shape index (κ1) is 34.5. The number of nitrogens with one attached hydrogen (secondary N) is 1. The van der Waals surface area contributed by atoms with Crippen LogP contribution in [0.2, 0.25) is 5.02 Å². The van der Waals surface area contributed by atoms with Crippen molar-refractivity contribution in [1.29, 1.82) is 0 Å². The van der Waals surface area contributed by atoms with Gasteiger partial charge in [-0.2, -0.15) is 0 Å². The van der Waals surface area contributed by atoms with Crippen LogP contribution in [0.3, 0.4) is 0 Å². The number of carbonyl (C=O) groups excluding carboxylic acids is 2. The van der Waals surface area contributed by atoms with E-state index in [4.69, 9.17) is 16.3 Å². The molecule has 46 heavy (non-hydrogen) atoms. The summed E-state index contributed by atoms with van der Waals surface area (Å²) in [5.74, 6) is -0.109. The number of carbonyl (C=O) groups is 2. The molecule has 4 aromatic rings. The molecule has 1 N–H and O–H groups in total. The van der Waals surface area contributed by atoms with E-state index in [1.54, 1.807) is 49.6 Å². The van der Waals surface area contributed by atoms with Gasteiger partial charge in [0.25, 0.3) is 10.0 Å². The number of rotatable bonds is 14. The van der Waals surface area contributed by atoms with Crippen molar-refractivity contribution in [3.05, 3.63) is 125 Å². The summed E-state index contributed by atoms with van der Waals surface area (Å²) in [5, 5.41) is 3.36. The van der Waals surface area contributed by atoms with Crippen molar-refractivity contribution in [2.45, 2.75) is 44.7 Å². The molecule has 4 rings (SSSR count). The predicted molar refractivity (Wildman–Crippen MR) is 182 cm³/mol. The van der Waals surface area contributed by atoms with Gasteiger partial charge in [-0.25, -0.2) is 8.42 Å². The van der Waals surface area contributed by atoms with E-state index in [0.29, 0.717) is 17.3 Å². The summed E-state index contributed by atoms with van der Waals surface area (Å²) in [5.41, 5.74) is 2.57. The Hall–Kier alpha value is -4.34. The largest absolute Gasteiger partial charge is 0.497 e. The number of hydrogen-bond acceptors (Lipinski definition) is 5. The van der Waals surface area contributed by atoms with E-state index in [-0.39, 0.29) is 35.4 Å². The van der Waals surface area contributed by atoms with Crippen molar-refractivity contribution in [3.8, 4) is 5.75 Å². The molecule has 4 aromatic carbocycles. The molecule has 1 unspecified atom stereocenters. The van der Waals surface area contributed by atoms with Gasteiger partial charge in [-0.15, -0.1) is 0 Å². The van der Waals surface area contributed by atoms with E-state index in [1.165, 1.54) is 23.1 Å². The Labute approximate surface area is 277 Å². The first-order valence-electron chi connectivity index (χ1n) is 15.1. The first-order chi connectivity index (χ1) is 22.0. The lowest BCUT2D eigenvalue weighted by molar-refractivity contribution is -0.140. The Morgan fingerprint density at radius 2 is 1.52 bits per heavy atom. The minimum Gasteiger partial charge on any atom is -0.497 e. The molecular weight excluding hydrogens is 622 g/mol. The normalized spacial score (nSPS) is 12.0. The molecule has 0 aliphatic carbocycles. The smallest absolute Gasteiger partial charge is 0.264 e. The summed E-state index contributed by atoms with van der Waals surface area (Å²) in [6.07, 6.45) is 0.224. The van der Waals surface area contributed by atoms with Crippen molar-refractivity contribution in [2.24, 2.45) is 5.92 Å². The topological polar surface area (TPSA) is 96.0 Å². The molecule has 0 saturated carbocycles. The van der Waals surface area contributed by atoms with Crippen molar-refractivity contribution in [1.82, 2.24) is 10.2 Å². The number of hydrogen-bond donors (Lipinski definition) is 1. The minimum absolute atomic E-state index is 0.0226. The molecule has 0 aliphatic heterocycles. The van der Waals surface area contributed by atoms with E-state index < -0.39 is 28.5 Å². The van der Waals surface area contributed by atoms with Crippen LogP contribution < -0.4 is 14.4 Å². The molecule has 0 heterocycles. The molecule has 0 fully saturated rings. The van der Waals surface area contributed by atoms with Gasteiger partial charge in [0, 0.05) is 24.5 Å². The van der Waals surface area contributed by atoms with Gasteiger partial charge in [0.15, 0.2) is 0 Å². The van der Waals surface area contributed by atoms with Gasteiger partial charge < -0.3 is 15.0 Å². The summed E-state index contributed by atoms with van der Waals surface area (Å²) >= 11 is 6.45. The van der Waals surface area contributed by atoms with Crippen LogP contribution in [0.5, 0.6) is 5.75 Å². The lowest BCUT2D eigenvalue weighted by atomic mass is 10.0. The number of halogens is 1. The fourth-order valence-corrected chi connectivity index (χ4v) is 6.53. The molecule has 1 atom stereocenters. The van der Waals surface area contributed by atoms with Gasteiger partial charge in [-0.1, -0.05) is 92.2 Å². The zero-order valence-corrected chi connectivity index (χ0v) is 28.1. The van der Waals surface area contributed by atoms with Gasteiger partial charge in [0.1, 0.15) is 18.3 Å². The van der Waals surface area contributed by atoms with E-state index in [0.717, 1.165) is 21.0 Å².